The van der Waals surface area contributed by atoms with Crippen LogP contribution in [0.15, 0.2) is 18.2 Å². The first-order valence-corrected chi connectivity index (χ1v) is 3.83. The molecule has 0 unspecified atom stereocenters. The molecule has 0 aliphatic heterocycles. The van der Waals surface area contributed by atoms with Gasteiger partial charge in [-0.1, -0.05) is 0 Å². The number of alkyl halides is 1. The lowest BCUT2D eigenvalue weighted by atomic mass is 10.1. The molecule has 0 bridgehead atoms. The van der Waals surface area contributed by atoms with Crippen molar-refractivity contribution < 1.29 is 9.18 Å². The largest absolute Gasteiger partial charge is 0.398 e. The average molecular weight is 188 g/mol. The molecular formula is C8H7ClFNO. The number of carbonyl (C=O) groups excluding carboxylic acids is 1. The monoisotopic (exact) mass is 187 g/mol. The minimum atomic E-state index is -0.488. The number of nitrogens with two attached hydrogens (primary N) is 1. The number of carbonyl (C=O) groups is 1. The molecule has 0 fully saturated rings. The van der Waals surface area contributed by atoms with E-state index in [1.54, 1.807) is 0 Å². The van der Waals surface area contributed by atoms with Crippen LogP contribution < -0.4 is 5.73 Å². The summed E-state index contributed by atoms with van der Waals surface area (Å²) in [5.74, 6) is -1.04. The average Bonchev–Trinajstić information content (AvgIpc) is 2.08. The van der Waals surface area contributed by atoms with Gasteiger partial charge in [0.15, 0.2) is 5.78 Å². The highest BCUT2D eigenvalue weighted by atomic mass is 35.5. The lowest BCUT2D eigenvalue weighted by Crippen LogP contribution is -2.05. The van der Waals surface area contributed by atoms with Crippen molar-refractivity contribution >= 4 is 23.1 Å². The number of ketones is 1. The Bertz CT molecular complexity index is 314. The Hall–Kier alpha value is -1.09. The molecule has 4 heteroatoms. The van der Waals surface area contributed by atoms with E-state index in [1.807, 2.05) is 0 Å². The van der Waals surface area contributed by atoms with E-state index in [-0.39, 0.29) is 22.9 Å². The van der Waals surface area contributed by atoms with Crippen LogP contribution in [0, 0.1) is 5.82 Å². The lowest BCUT2D eigenvalue weighted by Gasteiger charge is -2.01. The molecule has 12 heavy (non-hydrogen) atoms. The van der Waals surface area contributed by atoms with Gasteiger partial charge in [0.05, 0.1) is 5.88 Å². The molecule has 0 aromatic heterocycles. The van der Waals surface area contributed by atoms with Crippen molar-refractivity contribution in [3.05, 3.63) is 29.6 Å². The number of hydrogen-bond donors (Lipinski definition) is 1. The molecule has 0 heterocycles. The molecule has 64 valence electrons. The molecule has 0 saturated carbocycles. The molecule has 0 radical (unpaired) electrons. The van der Waals surface area contributed by atoms with Gasteiger partial charge >= 0.3 is 0 Å². The van der Waals surface area contributed by atoms with Crippen LogP contribution in [-0.4, -0.2) is 11.7 Å². The maximum atomic E-state index is 12.6. The molecule has 0 amide bonds. The standard InChI is InChI=1S/C8H7ClFNO/c9-4-8(12)6-3-5(10)1-2-7(6)11/h1-3H,4,11H2. The third-order valence-electron chi connectivity index (χ3n) is 1.44. The van der Waals surface area contributed by atoms with Gasteiger partial charge in [-0.05, 0) is 18.2 Å². The molecule has 1 rings (SSSR count). The van der Waals surface area contributed by atoms with Gasteiger partial charge in [-0.2, -0.15) is 0 Å². The molecular weight excluding hydrogens is 181 g/mol. The maximum absolute atomic E-state index is 12.6. The third kappa shape index (κ3) is 1.74. The van der Waals surface area contributed by atoms with E-state index in [1.165, 1.54) is 12.1 Å². The Morgan fingerprint density at radius 1 is 1.58 bits per heavy atom. The van der Waals surface area contributed by atoms with E-state index in [0.29, 0.717) is 0 Å². The minimum Gasteiger partial charge on any atom is -0.398 e. The van der Waals surface area contributed by atoms with Crippen molar-refractivity contribution in [2.24, 2.45) is 0 Å². The molecule has 0 spiro atoms. The summed E-state index contributed by atoms with van der Waals surface area (Å²) >= 11 is 5.28. The van der Waals surface area contributed by atoms with Crippen molar-refractivity contribution in [2.75, 3.05) is 11.6 Å². The van der Waals surface area contributed by atoms with Crippen LogP contribution in [0.1, 0.15) is 10.4 Å². The summed E-state index contributed by atoms with van der Waals surface area (Å²) in [4.78, 5) is 11.0. The second-order valence-corrected chi connectivity index (χ2v) is 2.56. The van der Waals surface area contributed by atoms with Crippen molar-refractivity contribution in [3.8, 4) is 0 Å². The minimum absolute atomic E-state index is 0.144. The zero-order chi connectivity index (χ0) is 9.14. The molecule has 2 nitrogen and oxygen atoms in total. The van der Waals surface area contributed by atoms with E-state index in [9.17, 15) is 9.18 Å². The molecule has 2 N–H and O–H groups in total. The maximum Gasteiger partial charge on any atom is 0.179 e. The molecule has 0 aliphatic carbocycles. The zero-order valence-electron chi connectivity index (χ0n) is 6.18. The molecule has 0 saturated heterocycles. The van der Waals surface area contributed by atoms with Crippen molar-refractivity contribution in [3.63, 3.8) is 0 Å². The fraction of sp³-hybridized carbons (Fsp3) is 0.125. The number of hydrogen-bond acceptors (Lipinski definition) is 2. The van der Waals surface area contributed by atoms with Gasteiger partial charge in [0.25, 0.3) is 0 Å². The summed E-state index contributed by atoms with van der Waals surface area (Å²) < 4.78 is 12.6. The second kappa shape index (κ2) is 3.54. The van der Waals surface area contributed by atoms with Crippen molar-refractivity contribution in [1.82, 2.24) is 0 Å². The summed E-state index contributed by atoms with van der Waals surface area (Å²) in [5.41, 5.74) is 5.82. The van der Waals surface area contributed by atoms with E-state index < -0.39 is 5.82 Å². The number of rotatable bonds is 2. The van der Waals surface area contributed by atoms with Gasteiger partial charge in [0, 0.05) is 11.3 Å². The summed E-state index contributed by atoms with van der Waals surface area (Å²) in [6.07, 6.45) is 0. The highest BCUT2D eigenvalue weighted by Gasteiger charge is 2.08. The SMILES string of the molecule is Nc1ccc(F)cc1C(=O)CCl. The molecule has 0 atom stereocenters. The number of benzene rings is 1. The predicted molar refractivity (Wildman–Crippen MR) is 45.9 cm³/mol. The van der Waals surface area contributed by atoms with Gasteiger partial charge in [0.2, 0.25) is 0 Å². The predicted octanol–water partition coefficient (Wildman–Crippen LogP) is 1.83. The van der Waals surface area contributed by atoms with Gasteiger partial charge in [0.1, 0.15) is 5.82 Å². The summed E-state index contributed by atoms with van der Waals surface area (Å²) in [6, 6.07) is 3.62. The summed E-state index contributed by atoms with van der Waals surface area (Å²) in [5, 5.41) is 0. The number of halogens is 2. The van der Waals surface area contributed by atoms with Crippen LogP contribution in [0.5, 0.6) is 0 Å². The molecule has 1 aromatic carbocycles. The van der Waals surface area contributed by atoms with Crippen molar-refractivity contribution in [1.29, 1.82) is 0 Å². The molecule has 1 aromatic rings. The summed E-state index contributed by atoms with van der Waals surface area (Å²) in [6.45, 7) is 0. The summed E-state index contributed by atoms with van der Waals surface area (Å²) in [7, 11) is 0. The van der Waals surface area contributed by atoms with E-state index in [2.05, 4.69) is 0 Å². The van der Waals surface area contributed by atoms with Crippen LogP contribution >= 0.6 is 11.6 Å². The molecule has 0 aliphatic rings. The quantitative estimate of drug-likeness (QED) is 0.436. The highest BCUT2D eigenvalue weighted by molar-refractivity contribution is 6.31. The topological polar surface area (TPSA) is 43.1 Å². The van der Waals surface area contributed by atoms with Crippen LogP contribution in [-0.2, 0) is 0 Å². The first-order valence-electron chi connectivity index (χ1n) is 3.29. The normalized spacial score (nSPS) is 9.83. The van der Waals surface area contributed by atoms with Gasteiger partial charge in [-0.15, -0.1) is 11.6 Å². The number of nitrogen functional groups attached to an aromatic ring is 1. The van der Waals surface area contributed by atoms with Crippen LogP contribution in [0.4, 0.5) is 10.1 Å². The first kappa shape index (κ1) is 9.00. The van der Waals surface area contributed by atoms with E-state index in [4.69, 9.17) is 17.3 Å². The van der Waals surface area contributed by atoms with E-state index >= 15 is 0 Å². The smallest absolute Gasteiger partial charge is 0.179 e. The Morgan fingerprint density at radius 2 is 2.25 bits per heavy atom. The second-order valence-electron chi connectivity index (χ2n) is 2.29. The van der Waals surface area contributed by atoms with Gasteiger partial charge < -0.3 is 5.73 Å². The Kier molecular flexibility index (Phi) is 2.65. The number of anilines is 1. The number of Topliss-reactive ketones (excluding diaryl/α,β-unsaturated/α-hetero) is 1. The van der Waals surface area contributed by atoms with Crippen molar-refractivity contribution in [2.45, 2.75) is 0 Å². The lowest BCUT2D eigenvalue weighted by molar-refractivity contribution is 0.102. The first-order chi connectivity index (χ1) is 5.65. The van der Waals surface area contributed by atoms with Gasteiger partial charge in [-0.3, -0.25) is 4.79 Å². The Labute approximate surface area is 74.1 Å². The fourth-order valence-electron chi connectivity index (χ4n) is 0.842. The fourth-order valence-corrected chi connectivity index (χ4v) is 0.986. The van der Waals surface area contributed by atoms with E-state index in [0.717, 1.165) is 6.07 Å². The van der Waals surface area contributed by atoms with Gasteiger partial charge in [-0.25, -0.2) is 4.39 Å². The Morgan fingerprint density at radius 3 is 2.83 bits per heavy atom. The zero-order valence-corrected chi connectivity index (χ0v) is 6.94. The highest BCUT2D eigenvalue weighted by Crippen LogP contribution is 2.14. The Balaban J connectivity index is 3.13. The third-order valence-corrected chi connectivity index (χ3v) is 1.68. The van der Waals surface area contributed by atoms with Crippen LogP contribution in [0.25, 0.3) is 0 Å². The van der Waals surface area contributed by atoms with Crippen LogP contribution in [0.3, 0.4) is 0 Å². The van der Waals surface area contributed by atoms with Crippen LogP contribution in [0.2, 0.25) is 0 Å².